The summed E-state index contributed by atoms with van der Waals surface area (Å²) in [5, 5.41) is 0. The predicted molar refractivity (Wildman–Crippen MR) is 66.7 cm³/mol. The number of hydrogen-bond acceptors (Lipinski definition) is 5. The summed E-state index contributed by atoms with van der Waals surface area (Å²) in [6, 6.07) is 5.98. The molecule has 0 saturated carbocycles. The molecule has 5 heteroatoms. The average Bonchev–Trinajstić information content (AvgIpc) is 2.38. The Kier molecular flexibility index (Phi) is 4.80. The van der Waals surface area contributed by atoms with E-state index in [9.17, 15) is 9.59 Å². The number of nitrogens with zero attached hydrogens (tertiary/aromatic N) is 1. The van der Waals surface area contributed by atoms with Crippen LogP contribution in [0.25, 0.3) is 0 Å². The van der Waals surface area contributed by atoms with Crippen LogP contribution in [0.1, 0.15) is 17.3 Å². The molecule has 0 atom stereocenters. The van der Waals surface area contributed by atoms with Crippen LogP contribution in [0.15, 0.2) is 41.5 Å². The number of rotatable bonds is 5. The highest BCUT2D eigenvalue weighted by Crippen LogP contribution is 2.14. The molecule has 0 unspecified atom stereocenters. The van der Waals surface area contributed by atoms with Gasteiger partial charge in [0.05, 0.1) is 12.2 Å². The smallest absolute Gasteiger partial charge is 0.361 e. The molecule has 0 radical (unpaired) electrons. The van der Waals surface area contributed by atoms with Gasteiger partial charge in [-0.2, -0.15) is 0 Å². The average molecular weight is 247 g/mol. The first-order valence-corrected chi connectivity index (χ1v) is 5.23. The van der Waals surface area contributed by atoms with Crippen molar-refractivity contribution < 1.29 is 19.1 Å². The van der Waals surface area contributed by atoms with Gasteiger partial charge >= 0.3 is 11.9 Å². The van der Waals surface area contributed by atoms with E-state index in [-0.39, 0.29) is 11.4 Å². The number of ether oxygens (including phenoxy) is 2. The Bertz CT molecular complexity index is 476. The van der Waals surface area contributed by atoms with Crippen LogP contribution in [0, 0.1) is 0 Å². The second kappa shape index (κ2) is 6.34. The fraction of sp³-hybridized carbons (Fsp3) is 0.154. The van der Waals surface area contributed by atoms with E-state index in [1.807, 2.05) is 0 Å². The van der Waals surface area contributed by atoms with Crippen molar-refractivity contribution in [1.82, 2.24) is 0 Å². The first-order valence-electron chi connectivity index (χ1n) is 5.23. The van der Waals surface area contributed by atoms with E-state index >= 15 is 0 Å². The molecule has 0 aliphatic rings. The van der Waals surface area contributed by atoms with E-state index in [2.05, 4.69) is 18.3 Å². The van der Waals surface area contributed by atoms with Gasteiger partial charge in [-0.1, -0.05) is 6.58 Å². The lowest BCUT2D eigenvalue weighted by Crippen LogP contribution is -2.09. The van der Waals surface area contributed by atoms with Gasteiger partial charge in [-0.15, -0.1) is 0 Å². The normalized spacial score (nSPS) is 9.39. The van der Waals surface area contributed by atoms with Crippen LogP contribution in [-0.2, 0) is 9.53 Å². The first kappa shape index (κ1) is 13.6. The van der Waals surface area contributed by atoms with Crippen LogP contribution >= 0.6 is 0 Å². The van der Waals surface area contributed by atoms with Gasteiger partial charge in [0, 0.05) is 0 Å². The molecule has 0 aliphatic carbocycles. The summed E-state index contributed by atoms with van der Waals surface area (Å²) < 4.78 is 9.76. The van der Waals surface area contributed by atoms with Gasteiger partial charge in [0.25, 0.3) is 0 Å². The largest absolute Gasteiger partial charge is 0.462 e. The maximum absolute atomic E-state index is 11.4. The second-order valence-electron chi connectivity index (χ2n) is 3.24. The molecule has 0 fully saturated rings. The lowest BCUT2D eigenvalue weighted by molar-refractivity contribution is -0.130. The third kappa shape index (κ3) is 3.55. The number of esters is 2. The first-order chi connectivity index (χ1) is 8.58. The lowest BCUT2D eigenvalue weighted by Gasteiger charge is -2.05. The summed E-state index contributed by atoms with van der Waals surface area (Å²) in [6.45, 7) is 8.56. The minimum Gasteiger partial charge on any atom is -0.462 e. The number of hydrogen-bond donors (Lipinski definition) is 0. The summed E-state index contributed by atoms with van der Waals surface area (Å²) in [7, 11) is 0. The molecule has 5 nitrogen and oxygen atoms in total. The summed E-state index contributed by atoms with van der Waals surface area (Å²) in [6.07, 6.45) is 0. The van der Waals surface area contributed by atoms with Crippen molar-refractivity contribution in [2.75, 3.05) is 6.61 Å². The van der Waals surface area contributed by atoms with Crippen molar-refractivity contribution in [2.24, 2.45) is 4.99 Å². The maximum Gasteiger partial charge on any atom is 0.361 e. The SMILES string of the molecule is C=NC(=C)C(=O)Oc1ccc(C(=O)OCC)cc1. The zero-order valence-electron chi connectivity index (χ0n) is 10.0. The van der Waals surface area contributed by atoms with Crippen LogP contribution in [0.3, 0.4) is 0 Å². The van der Waals surface area contributed by atoms with Gasteiger partial charge in [-0.3, -0.25) is 4.99 Å². The van der Waals surface area contributed by atoms with E-state index in [1.165, 1.54) is 24.3 Å². The van der Waals surface area contributed by atoms with E-state index in [0.717, 1.165) is 0 Å². The van der Waals surface area contributed by atoms with Gasteiger partial charge in [0.1, 0.15) is 11.4 Å². The van der Waals surface area contributed by atoms with Crippen LogP contribution in [0.2, 0.25) is 0 Å². The molecule has 1 rings (SSSR count). The third-order valence-corrected chi connectivity index (χ3v) is 2.00. The van der Waals surface area contributed by atoms with Gasteiger partial charge in [-0.05, 0) is 37.9 Å². The van der Waals surface area contributed by atoms with E-state index in [0.29, 0.717) is 12.2 Å². The Labute approximate surface area is 105 Å². The fourth-order valence-corrected chi connectivity index (χ4v) is 1.10. The van der Waals surface area contributed by atoms with Crippen LogP contribution in [0.4, 0.5) is 0 Å². The van der Waals surface area contributed by atoms with Crippen molar-refractivity contribution >= 4 is 18.7 Å². The van der Waals surface area contributed by atoms with Gasteiger partial charge in [0.15, 0.2) is 0 Å². The summed E-state index contributed by atoms with van der Waals surface area (Å²) in [4.78, 5) is 26.0. The second-order valence-corrected chi connectivity index (χ2v) is 3.24. The molecule has 94 valence electrons. The Morgan fingerprint density at radius 2 is 1.89 bits per heavy atom. The van der Waals surface area contributed by atoms with Crippen LogP contribution in [-0.4, -0.2) is 25.3 Å². The summed E-state index contributed by atoms with van der Waals surface area (Å²) in [5.74, 6) is -0.820. The highest BCUT2D eigenvalue weighted by atomic mass is 16.5. The van der Waals surface area contributed by atoms with E-state index < -0.39 is 11.9 Å². The van der Waals surface area contributed by atoms with E-state index in [4.69, 9.17) is 9.47 Å². The molecular formula is C13H13NO4. The van der Waals surface area contributed by atoms with Crippen LogP contribution in [0.5, 0.6) is 5.75 Å². The lowest BCUT2D eigenvalue weighted by atomic mass is 10.2. The molecule has 0 N–H and O–H groups in total. The highest BCUT2D eigenvalue weighted by molar-refractivity contribution is 5.91. The highest BCUT2D eigenvalue weighted by Gasteiger charge is 2.10. The number of carbonyl (C=O) groups excluding carboxylic acids is 2. The van der Waals surface area contributed by atoms with E-state index in [1.54, 1.807) is 6.92 Å². The Hall–Kier alpha value is -2.43. The minimum atomic E-state index is -0.686. The Balaban J connectivity index is 2.71. The molecule has 0 aromatic heterocycles. The molecule has 18 heavy (non-hydrogen) atoms. The molecule has 0 bridgehead atoms. The van der Waals surface area contributed by atoms with Crippen molar-refractivity contribution in [3.63, 3.8) is 0 Å². The molecule has 1 aromatic rings. The fourth-order valence-electron chi connectivity index (χ4n) is 1.10. The maximum atomic E-state index is 11.4. The molecular weight excluding hydrogens is 234 g/mol. The monoisotopic (exact) mass is 247 g/mol. The standard InChI is InChI=1S/C13H13NO4/c1-4-17-13(16)10-5-7-11(8-6-10)18-12(15)9(2)14-3/h5-8H,2-4H2,1H3. The molecule has 1 aromatic carbocycles. The van der Waals surface area contributed by atoms with Gasteiger partial charge in [0.2, 0.25) is 0 Å². The molecule has 0 heterocycles. The van der Waals surface area contributed by atoms with Gasteiger partial charge in [-0.25, -0.2) is 9.59 Å². The van der Waals surface area contributed by atoms with Gasteiger partial charge < -0.3 is 9.47 Å². The molecule has 0 saturated heterocycles. The number of aliphatic imine (C=N–C) groups is 1. The topological polar surface area (TPSA) is 65.0 Å². The zero-order valence-corrected chi connectivity index (χ0v) is 10.0. The quantitative estimate of drug-likeness (QED) is 0.345. The number of carbonyl (C=O) groups is 2. The zero-order chi connectivity index (χ0) is 13.5. The number of benzene rings is 1. The molecule has 0 amide bonds. The predicted octanol–water partition coefficient (Wildman–Crippen LogP) is 1.98. The Morgan fingerprint density at radius 3 is 2.39 bits per heavy atom. The summed E-state index contributed by atoms with van der Waals surface area (Å²) >= 11 is 0. The van der Waals surface area contributed by atoms with Crippen LogP contribution < -0.4 is 4.74 Å². The third-order valence-electron chi connectivity index (χ3n) is 2.00. The Morgan fingerprint density at radius 1 is 1.28 bits per heavy atom. The molecule has 0 aliphatic heterocycles. The minimum absolute atomic E-state index is 0.0792. The molecule has 0 spiro atoms. The van der Waals surface area contributed by atoms with Crippen molar-refractivity contribution in [3.05, 3.63) is 42.1 Å². The van der Waals surface area contributed by atoms with Crippen molar-refractivity contribution in [2.45, 2.75) is 6.92 Å². The summed E-state index contributed by atoms with van der Waals surface area (Å²) in [5.41, 5.74) is 0.307. The van der Waals surface area contributed by atoms with Crippen molar-refractivity contribution in [3.8, 4) is 5.75 Å². The van der Waals surface area contributed by atoms with Crippen molar-refractivity contribution in [1.29, 1.82) is 0 Å².